The molecular weight excluding hydrogens is 327 g/mol. The molecule has 0 aliphatic carbocycles. The van der Waals surface area contributed by atoms with E-state index in [0.29, 0.717) is 31.2 Å². The molecule has 0 bridgehead atoms. The number of rotatable bonds is 7. The third kappa shape index (κ3) is 6.15. The maximum atomic E-state index is 10.1. The van der Waals surface area contributed by atoms with Crippen molar-refractivity contribution in [3.8, 4) is 11.5 Å². The van der Waals surface area contributed by atoms with Crippen molar-refractivity contribution in [1.82, 2.24) is 10.6 Å². The number of methoxy groups -OCH3 is 1. The van der Waals surface area contributed by atoms with E-state index in [0.717, 1.165) is 0 Å². The van der Waals surface area contributed by atoms with Gasteiger partial charge in [0.15, 0.2) is 17.2 Å². The predicted molar refractivity (Wildman–Crippen MR) is 92.2 cm³/mol. The van der Waals surface area contributed by atoms with Crippen LogP contribution in [-0.2, 0) is 0 Å². The standard InChI is InChI=1S/C15H20N2O3.2ClH/c1-19-13-6-2-3-7-14(13)20-11-10-16-12-15(18)8-4-5-9-17-15;;/h2-9,16-18H,10-12H2,1H3;2*1H. The van der Waals surface area contributed by atoms with E-state index in [4.69, 9.17) is 9.47 Å². The van der Waals surface area contributed by atoms with Gasteiger partial charge < -0.3 is 25.2 Å². The van der Waals surface area contributed by atoms with E-state index in [-0.39, 0.29) is 24.8 Å². The first-order valence-electron chi connectivity index (χ1n) is 6.54. The molecule has 1 atom stereocenters. The SMILES string of the molecule is COc1ccccc1OCCNCC1(O)C=CC=CN1.Cl.Cl. The van der Waals surface area contributed by atoms with Crippen LogP contribution in [0.4, 0.5) is 0 Å². The van der Waals surface area contributed by atoms with Crippen LogP contribution in [0.3, 0.4) is 0 Å². The Kier molecular flexibility index (Phi) is 9.69. The van der Waals surface area contributed by atoms with Crippen LogP contribution in [0.5, 0.6) is 11.5 Å². The average Bonchev–Trinajstić information content (AvgIpc) is 2.48. The normalized spacial score (nSPS) is 18.6. The molecule has 1 aromatic rings. The molecule has 0 aromatic heterocycles. The van der Waals surface area contributed by atoms with E-state index >= 15 is 0 Å². The molecule has 1 aliphatic rings. The smallest absolute Gasteiger partial charge is 0.167 e. The zero-order valence-corrected chi connectivity index (χ0v) is 14.0. The van der Waals surface area contributed by atoms with Gasteiger partial charge in [-0.15, -0.1) is 24.8 Å². The molecule has 0 fully saturated rings. The molecular formula is C15H22Cl2N2O3. The molecule has 7 heteroatoms. The number of ether oxygens (including phenoxy) is 2. The highest BCUT2D eigenvalue weighted by molar-refractivity contribution is 5.85. The summed E-state index contributed by atoms with van der Waals surface area (Å²) in [5.41, 5.74) is -1.03. The van der Waals surface area contributed by atoms with Gasteiger partial charge in [0.05, 0.1) is 7.11 Å². The van der Waals surface area contributed by atoms with Crippen LogP contribution in [0, 0.1) is 0 Å². The van der Waals surface area contributed by atoms with Gasteiger partial charge in [0.2, 0.25) is 0 Å². The summed E-state index contributed by atoms with van der Waals surface area (Å²) in [4.78, 5) is 0. The number of allylic oxidation sites excluding steroid dienone is 2. The lowest BCUT2D eigenvalue weighted by molar-refractivity contribution is 0.0665. The molecule has 5 nitrogen and oxygen atoms in total. The summed E-state index contributed by atoms with van der Waals surface area (Å²) in [5.74, 6) is 1.43. The van der Waals surface area contributed by atoms with Gasteiger partial charge in [-0.1, -0.05) is 18.2 Å². The third-order valence-electron chi connectivity index (χ3n) is 2.91. The first kappa shape index (κ1) is 20.6. The van der Waals surface area contributed by atoms with Gasteiger partial charge in [0.25, 0.3) is 0 Å². The molecule has 1 heterocycles. The van der Waals surface area contributed by atoms with Crippen LogP contribution in [0.15, 0.2) is 48.7 Å². The number of nitrogens with one attached hydrogen (secondary N) is 2. The number of aliphatic hydroxyl groups is 1. The first-order chi connectivity index (χ1) is 9.73. The fourth-order valence-electron chi connectivity index (χ4n) is 1.87. The average molecular weight is 349 g/mol. The Morgan fingerprint density at radius 2 is 1.91 bits per heavy atom. The number of halogens is 2. The second kappa shape index (κ2) is 10.3. The maximum absolute atomic E-state index is 10.1. The van der Waals surface area contributed by atoms with Crippen LogP contribution < -0.4 is 20.1 Å². The van der Waals surface area contributed by atoms with Crippen LogP contribution in [0.2, 0.25) is 0 Å². The van der Waals surface area contributed by atoms with Crippen molar-refractivity contribution >= 4 is 24.8 Å². The third-order valence-corrected chi connectivity index (χ3v) is 2.91. The minimum absolute atomic E-state index is 0. The van der Waals surface area contributed by atoms with Gasteiger partial charge in [0.1, 0.15) is 6.61 Å². The van der Waals surface area contributed by atoms with Gasteiger partial charge in [-0.05, 0) is 30.5 Å². The van der Waals surface area contributed by atoms with Crippen molar-refractivity contribution in [2.45, 2.75) is 5.72 Å². The van der Waals surface area contributed by atoms with E-state index in [9.17, 15) is 5.11 Å². The molecule has 3 N–H and O–H groups in total. The first-order valence-corrected chi connectivity index (χ1v) is 6.54. The zero-order chi connectivity index (χ0) is 14.3. The highest BCUT2D eigenvalue weighted by Crippen LogP contribution is 2.25. The Morgan fingerprint density at radius 1 is 1.18 bits per heavy atom. The Labute approximate surface area is 143 Å². The summed E-state index contributed by atoms with van der Waals surface area (Å²) in [6.45, 7) is 1.53. The van der Waals surface area contributed by atoms with E-state index in [1.54, 1.807) is 19.4 Å². The summed E-state index contributed by atoms with van der Waals surface area (Å²) in [6.07, 6.45) is 7.07. The van der Waals surface area contributed by atoms with Crippen LogP contribution in [0.1, 0.15) is 0 Å². The molecule has 0 amide bonds. The van der Waals surface area contributed by atoms with E-state index < -0.39 is 5.72 Å². The summed E-state index contributed by atoms with van der Waals surface area (Å²) in [5, 5.41) is 16.1. The van der Waals surface area contributed by atoms with E-state index in [1.165, 1.54) is 0 Å². The minimum atomic E-state index is -1.03. The quantitative estimate of drug-likeness (QED) is 0.656. The molecule has 0 saturated heterocycles. The van der Waals surface area contributed by atoms with Crippen molar-refractivity contribution in [2.24, 2.45) is 0 Å². The Hall–Kier alpha value is -1.40. The second-order valence-corrected chi connectivity index (χ2v) is 4.46. The van der Waals surface area contributed by atoms with Gasteiger partial charge in [-0.3, -0.25) is 0 Å². The van der Waals surface area contributed by atoms with Gasteiger partial charge in [-0.2, -0.15) is 0 Å². The molecule has 0 spiro atoms. The van der Waals surface area contributed by atoms with Crippen molar-refractivity contribution < 1.29 is 14.6 Å². The molecule has 1 aliphatic heterocycles. The zero-order valence-electron chi connectivity index (χ0n) is 12.3. The minimum Gasteiger partial charge on any atom is -0.493 e. The van der Waals surface area contributed by atoms with Crippen molar-refractivity contribution in [3.63, 3.8) is 0 Å². The fourth-order valence-corrected chi connectivity index (χ4v) is 1.87. The van der Waals surface area contributed by atoms with E-state index in [1.807, 2.05) is 36.4 Å². The van der Waals surface area contributed by atoms with E-state index in [2.05, 4.69) is 10.6 Å². The molecule has 1 unspecified atom stereocenters. The highest BCUT2D eigenvalue weighted by atomic mass is 35.5. The topological polar surface area (TPSA) is 62.8 Å². The van der Waals surface area contributed by atoms with Crippen LogP contribution in [-0.4, -0.2) is 37.6 Å². The lowest BCUT2D eigenvalue weighted by Crippen LogP contribution is -2.50. The number of benzene rings is 1. The molecule has 0 saturated carbocycles. The number of dihydropyridines is 1. The molecule has 124 valence electrons. The second-order valence-electron chi connectivity index (χ2n) is 4.46. The number of hydrogen-bond donors (Lipinski definition) is 3. The Balaban J connectivity index is 0.00000220. The molecule has 0 radical (unpaired) electrons. The van der Waals surface area contributed by atoms with Crippen molar-refractivity contribution in [3.05, 3.63) is 48.7 Å². The van der Waals surface area contributed by atoms with Gasteiger partial charge >= 0.3 is 0 Å². The van der Waals surface area contributed by atoms with Gasteiger partial charge in [0, 0.05) is 13.1 Å². The summed E-state index contributed by atoms with van der Waals surface area (Å²) in [7, 11) is 1.62. The number of hydrogen-bond acceptors (Lipinski definition) is 5. The Bertz CT molecular complexity index is 497. The molecule has 1 aromatic carbocycles. The summed E-state index contributed by atoms with van der Waals surface area (Å²) < 4.78 is 10.8. The van der Waals surface area contributed by atoms with Crippen molar-refractivity contribution in [2.75, 3.05) is 26.8 Å². The predicted octanol–water partition coefficient (Wildman–Crippen LogP) is 1.87. The van der Waals surface area contributed by atoms with Crippen LogP contribution in [0.25, 0.3) is 0 Å². The lowest BCUT2D eigenvalue weighted by Gasteiger charge is -2.27. The molecule has 22 heavy (non-hydrogen) atoms. The highest BCUT2D eigenvalue weighted by Gasteiger charge is 2.21. The number of para-hydroxylation sites is 2. The monoisotopic (exact) mass is 348 g/mol. The van der Waals surface area contributed by atoms with Crippen LogP contribution >= 0.6 is 24.8 Å². The summed E-state index contributed by atoms with van der Waals surface area (Å²) >= 11 is 0. The fraction of sp³-hybridized carbons (Fsp3) is 0.333. The maximum Gasteiger partial charge on any atom is 0.167 e. The van der Waals surface area contributed by atoms with Crippen molar-refractivity contribution in [1.29, 1.82) is 0 Å². The van der Waals surface area contributed by atoms with Gasteiger partial charge in [-0.25, -0.2) is 0 Å². The Morgan fingerprint density at radius 3 is 2.55 bits per heavy atom. The molecule has 2 rings (SSSR count). The lowest BCUT2D eigenvalue weighted by atomic mass is 10.1. The largest absolute Gasteiger partial charge is 0.493 e. The summed E-state index contributed by atoms with van der Waals surface area (Å²) in [6, 6.07) is 7.52.